The smallest absolute Gasteiger partial charge is 0.396 e. The van der Waals surface area contributed by atoms with Crippen LogP contribution in [0, 0.1) is 0 Å². The molecule has 0 aromatic rings. The van der Waals surface area contributed by atoms with Crippen molar-refractivity contribution in [3.05, 3.63) is 0 Å². The van der Waals surface area contributed by atoms with Gasteiger partial charge in [-0.15, -0.1) is 0 Å². The monoisotopic (exact) mass is 294 g/mol. The molecule has 0 radical (unpaired) electrons. The van der Waals surface area contributed by atoms with E-state index < -0.39 is 21.1 Å². The van der Waals surface area contributed by atoms with Crippen LogP contribution in [-0.4, -0.2) is 29.3 Å². The predicted octanol–water partition coefficient (Wildman–Crippen LogP) is -7.11. The fourth-order valence-electron chi connectivity index (χ4n) is 0. The Bertz CT molecular complexity index is 11.6. The summed E-state index contributed by atoms with van der Waals surface area (Å²) in [7, 11) is 0. The normalized spacial score (nSPS) is 7.20. The third-order valence-electron chi connectivity index (χ3n) is 0. The molecule has 0 aromatic carbocycles. The first-order valence-corrected chi connectivity index (χ1v) is 3.20. The van der Waals surface area contributed by atoms with Crippen LogP contribution in [0.5, 0.6) is 0 Å². The van der Waals surface area contributed by atoms with Crippen LogP contribution < -0.4 is 27.9 Å². The average Bonchev–Trinajstić information content (AvgIpc) is 0.811. The number of hydrogen-bond donors (Lipinski definition) is 1. The van der Waals surface area contributed by atoms with Crippen LogP contribution in [0.15, 0.2) is 0 Å². The van der Waals surface area contributed by atoms with Crippen molar-refractivity contribution in [2.45, 2.75) is 0 Å². The van der Waals surface area contributed by atoms with E-state index in [-0.39, 0.29) is 25.8 Å². The zero-order chi connectivity index (χ0) is 3.58. The molecule has 0 amide bonds. The van der Waals surface area contributed by atoms with Gasteiger partial charge in [0, 0.05) is 0 Å². The first kappa shape index (κ1) is 9.70. The Morgan fingerprint density at radius 2 is 1.40 bits per heavy atom. The fraction of sp³-hybridized carbons (Fsp3) is 0. The van der Waals surface area contributed by atoms with Crippen molar-refractivity contribution in [1.82, 2.24) is 0 Å². The van der Waals surface area contributed by atoms with E-state index in [1.165, 1.54) is 0 Å². The molecule has 0 heterocycles. The first-order valence-electron chi connectivity index (χ1n) is 0.478. The zero-order valence-corrected chi connectivity index (χ0v) is 3.80. The minimum absolute atomic E-state index is 0. The van der Waals surface area contributed by atoms with Crippen molar-refractivity contribution >= 4 is 25.8 Å². The molecule has 0 saturated heterocycles. The third kappa shape index (κ3) is 30.3. The minimum atomic E-state index is -3.76. The number of rotatable bonds is 0. The van der Waals surface area contributed by atoms with Gasteiger partial charge < -0.3 is 6.87 Å². The summed E-state index contributed by atoms with van der Waals surface area (Å²) in [4.78, 5) is 0. The van der Waals surface area contributed by atoms with Crippen LogP contribution in [0.2, 0.25) is 0 Å². The van der Waals surface area contributed by atoms with Crippen molar-refractivity contribution in [2.24, 2.45) is 0 Å². The van der Waals surface area contributed by atoms with E-state index in [1.54, 1.807) is 0 Å². The molecule has 3 nitrogen and oxygen atoms in total. The van der Waals surface area contributed by atoms with Crippen LogP contribution in [0.1, 0.15) is 0 Å². The second-order valence-corrected chi connectivity index (χ2v) is 1.35. The molecule has 32 valence electrons. The second kappa shape index (κ2) is 5.48. The predicted molar refractivity (Wildman–Crippen MR) is 12.2 cm³/mol. The van der Waals surface area contributed by atoms with Crippen molar-refractivity contribution < 1.29 is 31.4 Å². The molecule has 0 fully saturated rings. The topological polar surface area (TPSA) is 66.3 Å². The van der Waals surface area contributed by atoms with Gasteiger partial charge in [0.1, 0.15) is 0 Å². The summed E-state index contributed by atoms with van der Waals surface area (Å²) in [6, 6.07) is 0. The quantitative estimate of drug-likeness (QED) is 0.452. The van der Waals surface area contributed by atoms with E-state index in [9.17, 15) is 0 Å². The van der Waals surface area contributed by atoms with E-state index in [0.717, 1.165) is 0 Å². The largest absolute Gasteiger partial charge is 0.503 e. The molecule has 0 unspecified atom stereocenters. The molecular formula is H4IInO3. The summed E-state index contributed by atoms with van der Waals surface area (Å²) < 4.78 is 24.5. The molecule has 0 atom stereocenters. The first-order chi connectivity index (χ1) is 1.73. The fourth-order valence-corrected chi connectivity index (χ4v) is 0. The van der Waals surface area contributed by atoms with Crippen molar-refractivity contribution in [2.75, 3.05) is 0 Å². The molecule has 0 aliphatic rings. The molecule has 0 aromatic heterocycles. The third-order valence-corrected chi connectivity index (χ3v) is 0. The Labute approximate surface area is 56.8 Å². The number of halogens is 1. The summed E-state index contributed by atoms with van der Waals surface area (Å²) in [5.41, 5.74) is 0. The number of hydrogen-bond acceptors (Lipinski definition) is 3. The van der Waals surface area contributed by atoms with E-state index in [2.05, 4.69) is 0 Å². The molecule has 0 rings (SSSR count). The molecule has 5 heavy (non-hydrogen) atoms. The van der Waals surface area contributed by atoms with Gasteiger partial charge in [-0.3, -0.25) is 0 Å². The van der Waals surface area contributed by atoms with E-state index in [0.29, 0.717) is 0 Å². The van der Waals surface area contributed by atoms with Crippen molar-refractivity contribution in [3.63, 3.8) is 0 Å². The summed E-state index contributed by atoms with van der Waals surface area (Å²) >= 11 is -3.76. The maximum atomic E-state index is 8.68. The summed E-state index contributed by atoms with van der Waals surface area (Å²) in [6.45, 7) is 0. The van der Waals surface area contributed by atoms with Gasteiger partial charge in [0.05, 0.1) is 0 Å². The second-order valence-electron chi connectivity index (χ2n) is 0.201. The molecule has 0 spiro atoms. The maximum Gasteiger partial charge on any atom is 0.503 e. The Kier molecular flexibility index (Phi) is 10.6. The van der Waals surface area contributed by atoms with Gasteiger partial charge in [-0.1, -0.05) is 0 Å². The van der Waals surface area contributed by atoms with E-state index >= 15 is 0 Å². The van der Waals surface area contributed by atoms with Gasteiger partial charge in [0.2, 0.25) is 0 Å². The molecule has 0 aliphatic heterocycles. The average molecular weight is 294 g/mol. The van der Waals surface area contributed by atoms with Crippen LogP contribution in [-0.2, 0) is 0 Å². The summed E-state index contributed by atoms with van der Waals surface area (Å²) in [6.07, 6.45) is 0. The molecule has 5 heteroatoms. The summed E-state index contributed by atoms with van der Waals surface area (Å²) in [5, 5.41) is 0. The van der Waals surface area contributed by atoms with Crippen LogP contribution in [0.4, 0.5) is 0 Å². The molecular weight excluding hydrogens is 290 g/mol. The Morgan fingerprint density at radius 1 is 1.40 bits per heavy atom. The standard InChI is InChI=1S/HIO3.In.3H/c2-1(3)4;;;;/h2H;;;;. The zero-order valence-electron chi connectivity index (χ0n) is 1.64. The Morgan fingerprint density at radius 3 is 1.40 bits per heavy atom. The van der Waals surface area contributed by atoms with Gasteiger partial charge in [0.25, 0.3) is 0 Å². The molecule has 0 bridgehead atoms. The van der Waals surface area contributed by atoms with E-state index in [1.807, 2.05) is 0 Å². The summed E-state index contributed by atoms with van der Waals surface area (Å²) in [5.74, 6) is 0. The molecule has 1 N–H and O–H groups in total. The van der Waals surface area contributed by atoms with Crippen molar-refractivity contribution in [3.8, 4) is 0 Å². The minimum Gasteiger partial charge on any atom is -0.396 e. The SMILES string of the molecule is [InH3].[O-][I+2]([O-])O. The Hall–Kier alpha value is 1.48. The van der Waals surface area contributed by atoms with Gasteiger partial charge in [0.15, 0.2) is 0 Å². The van der Waals surface area contributed by atoms with Crippen molar-refractivity contribution in [1.29, 1.82) is 0 Å². The van der Waals surface area contributed by atoms with Gasteiger partial charge >= 0.3 is 46.9 Å². The maximum absolute atomic E-state index is 8.68. The Balaban J connectivity index is 0. The van der Waals surface area contributed by atoms with Gasteiger partial charge in [-0.2, -0.15) is 0 Å². The molecule has 0 aliphatic carbocycles. The van der Waals surface area contributed by atoms with Crippen LogP contribution in [0.3, 0.4) is 0 Å². The van der Waals surface area contributed by atoms with Crippen LogP contribution >= 0.6 is 0 Å². The van der Waals surface area contributed by atoms with E-state index in [4.69, 9.17) is 10.3 Å². The van der Waals surface area contributed by atoms with Gasteiger partial charge in [-0.25, -0.2) is 0 Å². The molecule has 0 saturated carbocycles. The van der Waals surface area contributed by atoms with Crippen LogP contribution in [0.25, 0.3) is 0 Å². The van der Waals surface area contributed by atoms with Gasteiger partial charge in [-0.05, 0) is 3.44 Å².